The number of carbonyl (C=O) groups excluding carboxylic acids is 1. The standard InChI is InChI=1S/C10H11NO4/c1-4-8(7(3)9(12)13)15-10(14)6(2)5-11/h2,4H2,1,3H3,(H,12,13)/b8-7+. The van der Waals surface area contributed by atoms with E-state index in [0.717, 1.165) is 0 Å². The number of rotatable bonds is 4. The summed E-state index contributed by atoms with van der Waals surface area (Å²) in [5.74, 6) is -2.05. The highest BCUT2D eigenvalue weighted by Gasteiger charge is 2.15. The molecule has 0 radical (unpaired) electrons. The van der Waals surface area contributed by atoms with Crippen LogP contribution in [0.3, 0.4) is 0 Å². The molecule has 0 saturated heterocycles. The lowest BCUT2D eigenvalue weighted by Crippen LogP contribution is -2.10. The maximum absolute atomic E-state index is 11.1. The Morgan fingerprint density at radius 1 is 1.53 bits per heavy atom. The van der Waals surface area contributed by atoms with E-state index in [4.69, 9.17) is 15.1 Å². The minimum Gasteiger partial charge on any atom is -0.478 e. The molecule has 0 aliphatic carbocycles. The van der Waals surface area contributed by atoms with E-state index in [0.29, 0.717) is 0 Å². The molecule has 0 saturated carbocycles. The molecule has 0 aromatic carbocycles. The van der Waals surface area contributed by atoms with Crippen LogP contribution < -0.4 is 0 Å². The summed E-state index contributed by atoms with van der Waals surface area (Å²) >= 11 is 0. The van der Waals surface area contributed by atoms with Gasteiger partial charge in [0.05, 0.1) is 5.57 Å². The molecule has 0 unspecified atom stereocenters. The van der Waals surface area contributed by atoms with Crippen molar-refractivity contribution in [3.8, 4) is 6.07 Å². The highest BCUT2D eigenvalue weighted by Crippen LogP contribution is 2.12. The number of hydrogen-bond donors (Lipinski definition) is 1. The third kappa shape index (κ3) is 3.65. The zero-order chi connectivity index (χ0) is 12.0. The SMILES string of the molecule is C=C(C#N)C(=O)O/C(CC)=C(\C)C(=O)O. The van der Waals surface area contributed by atoms with Crippen LogP contribution in [0.15, 0.2) is 23.5 Å². The Labute approximate surface area is 87.3 Å². The third-order valence-electron chi connectivity index (χ3n) is 1.66. The van der Waals surface area contributed by atoms with Gasteiger partial charge in [0.25, 0.3) is 0 Å². The molecule has 0 aliphatic heterocycles. The van der Waals surface area contributed by atoms with Crippen molar-refractivity contribution in [1.82, 2.24) is 0 Å². The fourth-order valence-electron chi connectivity index (χ4n) is 0.752. The topological polar surface area (TPSA) is 87.4 Å². The molecule has 5 nitrogen and oxygen atoms in total. The van der Waals surface area contributed by atoms with E-state index in [1.54, 1.807) is 6.92 Å². The van der Waals surface area contributed by atoms with Gasteiger partial charge >= 0.3 is 11.9 Å². The molecule has 0 bridgehead atoms. The van der Waals surface area contributed by atoms with Crippen LogP contribution in [0.2, 0.25) is 0 Å². The third-order valence-corrected chi connectivity index (χ3v) is 1.66. The summed E-state index contributed by atoms with van der Waals surface area (Å²) in [6.07, 6.45) is 0.253. The van der Waals surface area contributed by atoms with Crippen LogP contribution in [0.5, 0.6) is 0 Å². The van der Waals surface area contributed by atoms with Gasteiger partial charge in [-0.25, -0.2) is 9.59 Å². The highest BCUT2D eigenvalue weighted by molar-refractivity contribution is 5.93. The lowest BCUT2D eigenvalue weighted by molar-refractivity contribution is -0.135. The smallest absolute Gasteiger partial charge is 0.353 e. The number of carboxylic acid groups (broad SMARTS) is 1. The maximum Gasteiger partial charge on any atom is 0.353 e. The molecule has 1 N–H and O–H groups in total. The van der Waals surface area contributed by atoms with Crippen molar-refractivity contribution < 1.29 is 19.4 Å². The van der Waals surface area contributed by atoms with Crippen LogP contribution in [0.4, 0.5) is 0 Å². The number of carbonyl (C=O) groups is 2. The number of hydrogen-bond acceptors (Lipinski definition) is 4. The van der Waals surface area contributed by atoms with Crippen LogP contribution in [0.1, 0.15) is 20.3 Å². The van der Waals surface area contributed by atoms with Gasteiger partial charge in [-0.05, 0) is 6.92 Å². The number of ether oxygens (including phenoxy) is 1. The minimum absolute atomic E-state index is 0.0314. The Balaban J connectivity index is 4.85. The Kier molecular flexibility index (Phi) is 4.82. The molecular weight excluding hydrogens is 198 g/mol. The summed E-state index contributed by atoms with van der Waals surface area (Å²) in [4.78, 5) is 21.7. The molecule has 80 valence electrons. The molecular formula is C10H11NO4. The van der Waals surface area contributed by atoms with Gasteiger partial charge in [-0.3, -0.25) is 0 Å². The van der Waals surface area contributed by atoms with E-state index in [-0.39, 0.29) is 23.3 Å². The van der Waals surface area contributed by atoms with Gasteiger partial charge in [0.15, 0.2) is 0 Å². The summed E-state index contributed by atoms with van der Waals surface area (Å²) in [6.45, 7) is 6.13. The van der Waals surface area contributed by atoms with Gasteiger partial charge in [0, 0.05) is 6.42 Å². The summed E-state index contributed by atoms with van der Waals surface area (Å²) in [7, 11) is 0. The lowest BCUT2D eigenvalue weighted by atomic mass is 10.2. The Bertz CT molecular complexity index is 373. The van der Waals surface area contributed by atoms with Crippen molar-refractivity contribution in [2.24, 2.45) is 0 Å². The summed E-state index contributed by atoms with van der Waals surface area (Å²) in [5.41, 5.74) is -0.421. The largest absolute Gasteiger partial charge is 0.478 e. The average Bonchev–Trinajstić information content (AvgIpc) is 2.22. The van der Waals surface area contributed by atoms with Crippen molar-refractivity contribution in [1.29, 1.82) is 5.26 Å². The highest BCUT2D eigenvalue weighted by atomic mass is 16.5. The average molecular weight is 209 g/mol. The summed E-state index contributed by atoms with van der Waals surface area (Å²) in [6, 6.07) is 1.52. The quantitative estimate of drug-likeness (QED) is 0.327. The molecule has 0 aromatic rings. The summed E-state index contributed by atoms with van der Waals surface area (Å²) in [5, 5.41) is 17.0. The first-order valence-electron chi connectivity index (χ1n) is 4.18. The second-order valence-corrected chi connectivity index (χ2v) is 2.69. The molecule has 5 heteroatoms. The predicted octanol–water partition coefficient (Wildman–Crippen LogP) is 1.38. The van der Waals surface area contributed by atoms with E-state index < -0.39 is 11.9 Å². The Morgan fingerprint density at radius 3 is 2.40 bits per heavy atom. The normalized spacial score (nSPS) is 11.0. The summed E-state index contributed by atoms with van der Waals surface area (Å²) < 4.78 is 4.71. The van der Waals surface area contributed by atoms with E-state index in [1.807, 2.05) is 0 Å². The molecule has 0 aromatic heterocycles. The second kappa shape index (κ2) is 5.60. The molecule has 15 heavy (non-hydrogen) atoms. The fourth-order valence-corrected chi connectivity index (χ4v) is 0.752. The van der Waals surface area contributed by atoms with Crippen molar-refractivity contribution in [3.05, 3.63) is 23.5 Å². The fraction of sp³-hybridized carbons (Fsp3) is 0.300. The van der Waals surface area contributed by atoms with Gasteiger partial charge in [-0.2, -0.15) is 5.26 Å². The minimum atomic E-state index is -1.16. The molecule has 0 rings (SSSR count). The van der Waals surface area contributed by atoms with Crippen molar-refractivity contribution in [2.75, 3.05) is 0 Å². The van der Waals surface area contributed by atoms with Gasteiger partial charge in [0.2, 0.25) is 0 Å². The van der Waals surface area contributed by atoms with E-state index in [1.165, 1.54) is 13.0 Å². The van der Waals surface area contributed by atoms with Crippen LogP contribution in [-0.4, -0.2) is 17.0 Å². The van der Waals surface area contributed by atoms with Gasteiger partial charge in [-0.1, -0.05) is 13.5 Å². The molecule has 0 spiro atoms. The van der Waals surface area contributed by atoms with Gasteiger partial charge in [-0.15, -0.1) is 0 Å². The number of esters is 1. The van der Waals surface area contributed by atoms with Crippen LogP contribution >= 0.6 is 0 Å². The maximum atomic E-state index is 11.1. The molecule has 0 aliphatic rings. The molecule has 0 fully saturated rings. The van der Waals surface area contributed by atoms with E-state index in [9.17, 15) is 9.59 Å². The first-order valence-corrected chi connectivity index (χ1v) is 4.18. The first-order chi connectivity index (χ1) is 6.93. The molecule has 0 heterocycles. The molecule has 0 amide bonds. The zero-order valence-corrected chi connectivity index (χ0v) is 8.53. The zero-order valence-electron chi connectivity index (χ0n) is 8.53. The van der Waals surface area contributed by atoms with Gasteiger partial charge in [0.1, 0.15) is 17.4 Å². The van der Waals surface area contributed by atoms with Crippen LogP contribution in [-0.2, 0) is 14.3 Å². The number of carboxylic acids is 1. The number of aliphatic carboxylic acids is 1. The van der Waals surface area contributed by atoms with Gasteiger partial charge < -0.3 is 9.84 Å². The van der Waals surface area contributed by atoms with Crippen molar-refractivity contribution in [3.63, 3.8) is 0 Å². The van der Waals surface area contributed by atoms with Crippen LogP contribution in [0.25, 0.3) is 0 Å². The number of nitriles is 1. The van der Waals surface area contributed by atoms with Crippen LogP contribution in [0, 0.1) is 11.3 Å². The second-order valence-electron chi connectivity index (χ2n) is 2.69. The number of allylic oxidation sites excluding steroid dienone is 1. The first kappa shape index (κ1) is 12.9. The van der Waals surface area contributed by atoms with E-state index >= 15 is 0 Å². The Hall–Kier alpha value is -2.09. The molecule has 0 atom stereocenters. The van der Waals surface area contributed by atoms with Crippen molar-refractivity contribution in [2.45, 2.75) is 20.3 Å². The van der Waals surface area contributed by atoms with Crippen molar-refractivity contribution >= 4 is 11.9 Å². The van der Waals surface area contributed by atoms with E-state index in [2.05, 4.69) is 6.58 Å². The number of nitrogens with zero attached hydrogens (tertiary/aromatic N) is 1. The monoisotopic (exact) mass is 209 g/mol. The lowest BCUT2D eigenvalue weighted by Gasteiger charge is -2.07. The Morgan fingerprint density at radius 2 is 2.07 bits per heavy atom. The predicted molar refractivity (Wildman–Crippen MR) is 51.5 cm³/mol.